The number of halogens is 4. The summed E-state index contributed by atoms with van der Waals surface area (Å²) < 4.78 is 51.6. The molecule has 2 rings (SSSR count). The van der Waals surface area contributed by atoms with Gasteiger partial charge in [-0.05, 0) is 12.1 Å². The number of carbonyl (C=O) groups is 1. The lowest BCUT2D eigenvalue weighted by molar-refractivity contribution is 0.102. The number of rotatable bonds is 2. The van der Waals surface area contributed by atoms with E-state index >= 15 is 0 Å². The highest BCUT2D eigenvalue weighted by molar-refractivity contribution is 6.02. The molecule has 0 aliphatic rings. The zero-order valence-corrected chi connectivity index (χ0v) is 9.25. The van der Waals surface area contributed by atoms with Gasteiger partial charge >= 0.3 is 0 Å². The molecule has 1 aromatic heterocycles. The Morgan fingerprint density at radius 1 is 1.00 bits per heavy atom. The molecule has 0 saturated carbocycles. The summed E-state index contributed by atoms with van der Waals surface area (Å²) >= 11 is 0. The molecule has 0 aliphatic carbocycles. The minimum atomic E-state index is -1.38. The van der Waals surface area contributed by atoms with Crippen LogP contribution in [0.25, 0.3) is 0 Å². The zero-order chi connectivity index (χ0) is 14.0. The quantitative estimate of drug-likeness (QED) is 0.518. The topological polar surface area (TPSA) is 42.0 Å². The fraction of sp³-hybridized carbons (Fsp3) is 0. The maximum Gasteiger partial charge on any atom is 0.274 e. The van der Waals surface area contributed by atoms with Gasteiger partial charge in [0.15, 0.2) is 11.6 Å². The van der Waals surface area contributed by atoms with Crippen molar-refractivity contribution >= 4 is 11.6 Å². The molecule has 0 spiro atoms. The Morgan fingerprint density at radius 3 is 2.37 bits per heavy atom. The van der Waals surface area contributed by atoms with Crippen LogP contribution in [-0.4, -0.2) is 10.9 Å². The molecular formula is C12H6F4N2O. The molecular weight excluding hydrogens is 264 g/mol. The maximum atomic E-state index is 13.3. The van der Waals surface area contributed by atoms with Crippen molar-refractivity contribution in [1.82, 2.24) is 4.98 Å². The average molecular weight is 270 g/mol. The van der Waals surface area contributed by atoms with Crippen LogP contribution in [0.1, 0.15) is 10.5 Å². The van der Waals surface area contributed by atoms with Gasteiger partial charge in [-0.15, -0.1) is 0 Å². The largest absolute Gasteiger partial charge is 0.318 e. The first-order valence-corrected chi connectivity index (χ1v) is 5.06. The van der Waals surface area contributed by atoms with Crippen molar-refractivity contribution in [3.05, 3.63) is 59.4 Å². The Hall–Kier alpha value is -2.44. The molecule has 0 aliphatic heterocycles. The highest BCUT2D eigenvalue weighted by Crippen LogP contribution is 2.19. The second-order valence-electron chi connectivity index (χ2n) is 3.55. The first kappa shape index (κ1) is 13.0. The molecule has 1 heterocycles. The lowest BCUT2D eigenvalue weighted by Crippen LogP contribution is -2.15. The fourth-order valence-electron chi connectivity index (χ4n) is 1.34. The van der Waals surface area contributed by atoms with E-state index in [1.165, 1.54) is 12.1 Å². The summed E-state index contributed by atoms with van der Waals surface area (Å²) in [4.78, 5) is 14.9. The molecule has 19 heavy (non-hydrogen) atoms. The number of aromatic nitrogens is 1. The molecule has 1 aromatic carbocycles. The van der Waals surface area contributed by atoms with Crippen LogP contribution < -0.4 is 5.32 Å². The Kier molecular flexibility index (Phi) is 3.46. The van der Waals surface area contributed by atoms with Gasteiger partial charge in [-0.25, -0.2) is 18.2 Å². The molecule has 1 amide bonds. The van der Waals surface area contributed by atoms with E-state index in [-0.39, 0.29) is 5.69 Å². The zero-order valence-electron chi connectivity index (χ0n) is 9.25. The molecule has 2 aromatic rings. The van der Waals surface area contributed by atoms with Crippen molar-refractivity contribution in [2.24, 2.45) is 0 Å². The number of hydrogen-bond acceptors (Lipinski definition) is 2. The summed E-state index contributed by atoms with van der Waals surface area (Å²) in [5.41, 5.74) is -0.876. The van der Waals surface area contributed by atoms with Crippen molar-refractivity contribution in [3.8, 4) is 0 Å². The summed E-state index contributed by atoms with van der Waals surface area (Å²) in [5, 5.41) is 1.97. The predicted molar refractivity (Wildman–Crippen MR) is 58.5 cm³/mol. The molecule has 98 valence electrons. The predicted octanol–water partition coefficient (Wildman–Crippen LogP) is 2.89. The molecule has 0 unspecified atom stereocenters. The van der Waals surface area contributed by atoms with Crippen LogP contribution in [0, 0.1) is 23.4 Å². The number of carbonyl (C=O) groups excluding carboxylic acids is 1. The normalized spacial score (nSPS) is 10.3. The van der Waals surface area contributed by atoms with E-state index in [9.17, 15) is 22.4 Å². The number of benzene rings is 1. The Labute approximate surface area is 104 Å². The van der Waals surface area contributed by atoms with Crippen LogP contribution >= 0.6 is 0 Å². The van der Waals surface area contributed by atoms with Crippen molar-refractivity contribution in [2.45, 2.75) is 0 Å². The van der Waals surface area contributed by atoms with Crippen LogP contribution in [0.2, 0.25) is 0 Å². The third-order valence-corrected chi connectivity index (χ3v) is 2.21. The minimum absolute atomic E-state index is 0.296. The molecule has 7 heteroatoms. The van der Waals surface area contributed by atoms with E-state index in [0.717, 1.165) is 6.07 Å². The van der Waals surface area contributed by atoms with E-state index in [4.69, 9.17) is 0 Å². The number of pyridine rings is 1. The van der Waals surface area contributed by atoms with Gasteiger partial charge in [0, 0.05) is 12.1 Å². The van der Waals surface area contributed by atoms with Gasteiger partial charge in [-0.3, -0.25) is 4.79 Å². The van der Waals surface area contributed by atoms with E-state index in [1.807, 2.05) is 5.32 Å². The molecule has 0 fully saturated rings. The number of amides is 1. The molecule has 0 bridgehead atoms. The minimum Gasteiger partial charge on any atom is -0.318 e. The smallest absolute Gasteiger partial charge is 0.274 e. The monoisotopic (exact) mass is 270 g/mol. The summed E-state index contributed by atoms with van der Waals surface area (Å²) in [6, 6.07) is 4.23. The first-order valence-electron chi connectivity index (χ1n) is 5.06. The Morgan fingerprint density at radius 2 is 1.68 bits per heavy atom. The van der Waals surface area contributed by atoms with Gasteiger partial charge in [0.2, 0.25) is 5.95 Å². The molecule has 0 radical (unpaired) electrons. The second-order valence-corrected chi connectivity index (χ2v) is 3.55. The lowest BCUT2D eigenvalue weighted by atomic mass is 10.2. The summed E-state index contributed by atoms with van der Waals surface area (Å²) in [6.45, 7) is 0. The summed E-state index contributed by atoms with van der Waals surface area (Å²) in [7, 11) is 0. The summed E-state index contributed by atoms with van der Waals surface area (Å²) in [5.74, 6) is -5.67. The van der Waals surface area contributed by atoms with Gasteiger partial charge < -0.3 is 5.32 Å². The van der Waals surface area contributed by atoms with E-state index < -0.39 is 35.0 Å². The SMILES string of the molecule is O=C(Nc1cc(F)c(F)cc1F)c1cccc(F)n1. The van der Waals surface area contributed by atoms with Crippen molar-refractivity contribution in [2.75, 3.05) is 5.32 Å². The number of nitrogens with one attached hydrogen (secondary N) is 1. The lowest BCUT2D eigenvalue weighted by Gasteiger charge is -2.06. The van der Waals surface area contributed by atoms with Crippen LogP contribution in [0.15, 0.2) is 30.3 Å². The Bertz CT molecular complexity index is 646. The van der Waals surface area contributed by atoms with Crippen molar-refractivity contribution in [3.63, 3.8) is 0 Å². The maximum absolute atomic E-state index is 13.3. The highest BCUT2D eigenvalue weighted by Gasteiger charge is 2.14. The molecule has 0 saturated heterocycles. The fourth-order valence-corrected chi connectivity index (χ4v) is 1.34. The number of anilines is 1. The van der Waals surface area contributed by atoms with Crippen LogP contribution in [0.4, 0.5) is 23.2 Å². The second kappa shape index (κ2) is 5.05. The first-order chi connectivity index (χ1) is 8.97. The third kappa shape index (κ3) is 2.87. The van der Waals surface area contributed by atoms with Gasteiger partial charge in [-0.2, -0.15) is 4.39 Å². The Balaban J connectivity index is 2.27. The van der Waals surface area contributed by atoms with Gasteiger partial charge in [-0.1, -0.05) is 6.07 Å². The highest BCUT2D eigenvalue weighted by atomic mass is 19.2. The van der Waals surface area contributed by atoms with Gasteiger partial charge in [0.25, 0.3) is 5.91 Å². The van der Waals surface area contributed by atoms with Gasteiger partial charge in [0.05, 0.1) is 5.69 Å². The number of nitrogens with zero attached hydrogens (tertiary/aromatic N) is 1. The van der Waals surface area contributed by atoms with Crippen molar-refractivity contribution < 1.29 is 22.4 Å². The van der Waals surface area contributed by atoms with E-state index in [1.54, 1.807) is 0 Å². The van der Waals surface area contributed by atoms with Crippen molar-refractivity contribution in [1.29, 1.82) is 0 Å². The van der Waals surface area contributed by atoms with E-state index in [2.05, 4.69) is 4.98 Å². The number of hydrogen-bond donors (Lipinski definition) is 1. The molecule has 0 atom stereocenters. The van der Waals surface area contributed by atoms with Crippen LogP contribution in [0.3, 0.4) is 0 Å². The summed E-state index contributed by atoms with van der Waals surface area (Å²) in [6.07, 6.45) is 0. The third-order valence-electron chi connectivity index (χ3n) is 2.21. The van der Waals surface area contributed by atoms with E-state index in [0.29, 0.717) is 12.1 Å². The van der Waals surface area contributed by atoms with Crippen LogP contribution in [0.5, 0.6) is 0 Å². The molecule has 1 N–H and O–H groups in total. The average Bonchev–Trinajstić information content (AvgIpc) is 2.36. The molecule has 3 nitrogen and oxygen atoms in total. The standard InChI is InChI=1S/C12H6F4N2O/c13-6-4-8(15)10(5-7(6)14)18-12(19)9-2-1-3-11(16)17-9/h1-5H,(H,18,19). The van der Waals surface area contributed by atoms with Crippen LogP contribution in [-0.2, 0) is 0 Å². The van der Waals surface area contributed by atoms with Gasteiger partial charge in [0.1, 0.15) is 11.5 Å².